The van der Waals surface area contributed by atoms with Crippen LogP contribution in [-0.4, -0.2) is 0 Å². The molecule has 3 heteroatoms. The third-order valence-electron chi connectivity index (χ3n) is 1.62. The topological polar surface area (TPSA) is 12.4 Å². The Morgan fingerprint density at radius 1 is 1.31 bits per heavy atom. The van der Waals surface area contributed by atoms with Crippen LogP contribution in [0, 0.1) is 0 Å². The molecule has 0 bridgehead atoms. The Morgan fingerprint density at radius 3 is 2.85 bits per heavy atom. The van der Waals surface area contributed by atoms with Gasteiger partial charge in [-0.05, 0) is 13.0 Å². The van der Waals surface area contributed by atoms with Gasteiger partial charge in [0.2, 0.25) is 0 Å². The number of nitrogens with zero attached hydrogens (tertiary/aromatic N) is 1. The van der Waals surface area contributed by atoms with E-state index in [-0.39, 0.29) is 0 Å². The molecule has 2 aromatic rings. The van der Waals surface area contributed by atoms with Crippen LogP contribution in [0.5, 0.6) is 0 Å². The van der Waals surface area contributed by atoms with E-state index in [0.29, 0.717) is 0 Å². The average Bonchev–Trinajstić information content (AvgIpc) is 2.48. The highest BCUT2D eigenvalue weighted by Crippen LogP contribution is 2.19. The lowest BCUT2D eigenvalue weighted by Gasteiger charge is -1.86. The first-order valence-electron chi connectivity index (χ1n) is 3.95. The molecule has 0 atom stereocenters. The lowest BCUT2D eigenvalue weighted by molar-refractivity contribution is 1.27. The smallest absolute Gasteiger partial charge is 0.135 e. The summed E-state index contributed by atoms with van der Waals surface area (Å²) in [6.45, 7) is 5.70. The van der Waals surface area contributed by atoms with E-state index in [1.54, 1.807) is 20.7 Å². The van der Waals surface area contributed by atoms with Gasteiger partial charge in [-0.25, -0.2) is 4.99 Å². The Hall–Kier alpha value is -0.930. The van der Waals surface area contributed by atoms with Gasteiger partial charge in [-0.1, -0.05) is 45.5 Å². The third-order valence-corrected chi connectivity index (χ3v) is 3.97. The van der Waals surface area contributed by atoms with Crippen molar-refractivity contribution in [1.82, 2.24) is 0 Å². The zero-order valence-electron chi connectivity index (χ0n) is 7.28. The van der Waals surface area contributed by atoms with Crippen LogP contribution in [-0.2, 0) is 0 Å². The molecular weight excluding hydrogens is 198 g/mol. The summed E-state index contributed by atoms with van der Waals surface area (Å²) < 4.78 is 2.38. The summed E-state index contributed by atoms with van der Waals surface area (Å²) in [6.07, 6.45) is 0. The van der Waals surface area contributed by atoms with Crippen LogP contribution in [0.4, 0.5) is 0 Å². The maximum Gasteiger partial charge on any atom is 0.135 e. The molecule has 13 heavy (non-hydrogen) atoms. The quantitative estimate of drug-likeness (QED) is 0.636. The second kappa shape index (κ2) is 3.44. The molecule has 1 heterocycles. The van der Waals surface area contributed by atoms with Crippen molar-refractivity contribution in [2.75, 3.05) is 0 Å². The zero-order chi connectivity index (χ0) is 9.26. The molecule has 1 aromatic heterocycles. The molecule has 0 aliphatic heterocycles. The fraction of sp³-hybridized carbons (Fsp3) is 0.100. The van der Waals surface area contributed by atoms with Gasteiger partial charge >= 0.3 is 0 Å². The normalized spacial score (nSPS) is 12.2. The van der Waals surface area contributed by atoms with Gasteiger partial charge in [-0.3, -0.25) is 0 Å². The van der Waals surface area contributed by atoms with Crippen LogP contribution in [0.15, 0.2) is 41.5 Å². The molecule has 0 aliphatic carbocycles. The first-order valence-corrected chi connectivity index (χ1v) is 6.10. The van der Waals surface area contributed by atoms with Crippen molar-refractivity contribution < 1.29 is 0 Å². The standard InChI is InChI=1S/C10H9NS2/c1-7(2)11-10-8-5-3-4-6-9(8)12-13-10/h3-6H,1H2,2H3. The van der Waals surface area contributed by atoms with Crippen molar-refractivity contribution in [3.63, 3.8) is 0 Å². The van der Waals surface area contributed by atoms with Crippen LogP contribution >= 0.6 is 20.7 Å². The number of hydrogen-bond acceptors (Lipinski definition) is 3. The van der Waals surface area contributed by atoms with Crippen LogP contribution in [0.1, 0.15) is 6.92 Å². The molecular formula is C10H9NS2. The number of benzene rings is 1. The molecule has 1 aromatic carbocycles. The van der Waals surface area contributed by atoms with Gasteiger partial charge in [-0.2, -0.15) is 0 Å². The van der Waals surface area contributed by atoms with Gasteiger partial charge in [0.1, 0.15) is 4.67 Å². The zero-order valence-corrected chi connectivity index (χ0v) is 8.91. The monoisotopic (exact) mass is 207 g/mol. The second-order valence-electron chi connectivity index (χ2n) is 2.82. The Balaban J connectivity index is 2.78. The lowest BCUT2D eigenvalue weighted by atomic mass is 10.3. The summed E-state index contributed by atoms with van der Waals surface area (Å²) in [7, 11) is 3.47. The summed E-state index contributed by atoms with van der Waals surface area (Å²) in [5, 5.41) is 1.24. The second-order valence-corrected chi connectivity index (χ2v) is 4.97. The molecule has 0 aliphatic rings. The predicted molar refractivity (Wildman–Crippen MR) is 60.1 cm³/mol. The predicted octanol–water partition coefficient (Wildman–Crippen LogP) is 3.40. The number of fused-ring (bicyclic) bond motifs is 1. The SMILES string of the molecule is C=C(C)N=c1ssc2ccccc12. The van der Waals surface area contributed by atoms with Gasteiger partial charge in [-0.15, -0.1) is 0 Å². The summed E-state index contributed by atoms with van der Waals surface area (Å²) in [6, 6.07) is 8.31. The minimum Gasteiger partial charge on any atom is -0.242 e. The van der Waals surface area contributed by atoms with Crippen molar-refractivity contribution in [2.45, 2.75) is 6.92 Å². The summed E-state index contributed by atoms with van der Waals surface area (Å²) in [5.41, 5.74) is 0.861. The molecule has 0 fully saturated rings. The summed E-state index contributed by atoms with van der Waals surface area (Å²) >= 11 is 0. The molecule has 0 unspecified atom stereocenters. The molecule has 1 nitrogen and oxygen atoms in total. The molecule has 0 saturated heterocycles. The first kappa shape index (κ1) is 8.66. The summed E-state index contributed by atoms with van der Waals surface area (Å²) in [4.78, 5) is 4.38. The third kappa shape index (κ3) is 1.71. The van der Waals surface area contributed by atoms with Crippen molar-refractivity contribution in [2.24, 2.45) is 4.99 Å². The molecule has 0 radical (unpaired) electrons. The highest BCUT2D eigenvalue weighted by Gasteiger charge is 1.97. The van der Waals surface area contributed by atoms with E-state index in [0.717, 1.165) is 10.4 Å². The summed E-state index contributed by atoms with van der Waals surface area (Å²) in [5.74, 6) is 0. The van der Waals surface area contributed by atoms with Crippen molar-refractivity contribution in [3.8, 4) is 0 Å². The minimum atomic E-state index is 0.861. The van der Waals surface area contributed by atoms with Gasteiger partial charge in [0.25, 0.3) is 0 Å². The molecule has 66 valence electrons. The van der Waals surface area contributed by atoms with Crippen molar-refractivity contribution in [1.29, 1.82) is 0 Å². The van der Waals surface area contributed by atoms with E-state index in [1.807, 2.05) is 13.0 Å². The molecule has 0 saturated carbocycles. The highest BCUT2D eigenvalue weighted by atomic mass is 32.9. The van der Waals surface area contributed by atoms with Gasteiger partial charge in [0.15, 0.2) is 0 Å². The van der Waals surface area contributed by atoms with E-state index in [4.69, 9.17) is 0 Å². The maximum atomic E-state index is 4.38. The van der Waals surface area contributed by atoms with Crippen LogP contribution in [0.25, 0.3) is 10.1 Å². The molecule has 0 amide bonds. The van der Waals surface area contributed by atoms with E-state index in [1.165, 1.54) is 10.1 Å². The molecule has 0 N–H and O–H groups in total. The van der Waals surface area contributed by atoms with Gasteiger partial charge in [0, 0.05) is 15.8 Å². The fourth-order valence-corrected chi connectivity index (χ4v) is 3.50. The van der Waals surface area contributed by atoms with Crippen molar-refractivity contribution >= 4 is 30.8 Å². The average molecular weight is 207 g/mol. The van der Waals surface area contributed by atoms with E-state index < -0.39 is 0 Å². The lowest BCUT2D eigenvalue weighted by Crippen LogP contribution is -1.92. The molecule has 0 spiro atoms. The van der Waals surface area contributed by atoms with E-state index >= 15 is 0 Å². The Kier molecular flexibility index (Phi) is 2.29. The fourth-order valence-electron chi connectivity index (χ4n) is 1.10. The number of hydrogen-bond donors (Lipinski definition) is 0. The Bertz CT molecular complexity index is 505. The van der Waals surface area contributed by atoms with Crippen LogP contribution in [0.3, 0.4) is 0 Å². The largest absolute Gasteiger partial charge is 0.242 e. The first-order chi connectivity index (χ1) is 6.27. The van der Waals surface area contributed by atoms with E-state index in [2.05, 4.69) is 29.8 Å². The van der Waals surface area contributed by atoms with Gasteiger partial charge in [0.05, 0.1) is 0 Å². The maximum absolute atomic E-state index is 4.38. The minimum absolute atomic E-state index is 0.861. The van der Waals surface area contributed by atoms with E-state index in [9.17, 15) is 0 Å². The van der Waals surface area contributed by atoms with Crippen LogP contribution < -0.4 is 4.67 Å². The number of allylic oxidation sites excluding steroid dienone is 1. The van der Waals surface area contributed by atoms with Crippen molar-refractivity contribution in [3.05, 3.63) is 41.2 Å². The van der Waals surface area contributed by atoms with Gasteiger partial charge < -0.3 is 0 Å². The number of rotatable bonds is 1. The molecule has 2 rings (SSSR count). The highest BCUT2D eigenvalue weighted by molar-refractivity contribution is 7.71. The van der Waals surface area contributed by atoms with Crippen LogP contribution in [0.2, 0.25) is 0 Å². The Morgan fingerprint density at radius 2 is 2.08 bits per heavy atom. The Labute approximate surface area is 84.1 Å².